The van der Waals surface area contributed by atoms with E-state index in [-0.39, 0.29) is 23.8 Å². The normalized spacial score (nSPS) is 21.9. The Hall–Kier alpha value is -2.62. The van der Waals surface area contributed by atoms with Crippen LogP contribution in [-0.4, -0.2) is 34.8 Å². The van der Waals surface area contributed by atoms with Gasteiger partial charge >= 0.3 is 0 Å². The molecule has 4 nitrogen and oxygen atoms in total. The molecule has 1 unspecified atom stereocenters. The molecule has 0 spiro atoms. The number of rotatable bonds is 6. The van der Waals surface area contributed by atoms with Crippen molar-refractivity contribution in [3.8, 4) is 0 Å². The minimum atomic E-state index is -0.721. The van der Waals surface area contributed by atoms with Gasteiger partial charge in [-0.25, -0.2) is 0 Å². The molecule has 1 N–H and O–H groups in total. The summed E-state index contributed by atoms with van der Waals surface area (Å²) in [5.41, 5.74) is 1.54. The second-order valence-corrected chi connectivity index (χ2v) is 9.31. The Kier molecular flexibility index (Phi) is 6.74. The van der Waals surface area contributed by atoms with Crippen LogP contribution in [0.15, 0.2) is 60.7 Å². The zero-order chi connectivity index (χ0) is 21.7. The molecule has 4 heteroatoms. The molecule has 2 aromatic carbocycles. The van der Waals surface area contributed by atoms with Gasteiger partial charge in [-0.2, -0.15) is 0 Å². The number of hydrogen-bond donors (Lipinski definition) is 1. The summed E-state index contributed by atoms with van der Waals surface area (Å²) in [4.78, 5) is 28.4. The zero-order valence-electron chi connectivity index (χ0n) is 18.6. The van der Waals surface area contributed by atoms with Crippen LogP contribution in [0, 0.1) is 0 Å². The van der Waals surface area contributed by atoms with Gasteiger partial charge in [0, 0.05) is 24.9 Å². The van der Waals surface area contributed by atoms with Gasteiger partial charge < -0.3 is 10.2 Å². The minimum absolute atomic E-state index is 0.00957. The highest BCUT2D eigenvalue weighted by Gasteiger charge is 2.49. The molecule has 1 heterocycles. The van der Waals surface area contributed by atoms with Crippen LogP contribution < -0.4 is 5.32 Å². The van der Waals surface area contributed by atoms with Gasteiger partial charge in [-0.3, -0.25) is 9.59 Å². The fourth-order valence-electron chi connectivity index (χ4n) is 5.04. The van der Waals surface area contributed by atoms with E-state index in [9.17, 15) is 9.59 Å². The summed E-state index contributed by atoms with van der Waals surface area (Å²) in [6, 6.07) is 20.7. The van der Waals surface area contributed by atoms with Crippen molar-refractivity contribution in [1.82, 2.24) is 10.2 Å². The van der Waals surface area contributed by atoms with E-state index in [0.717, 1.165) is 30.4 Å². The van der Waals surface area contributed by atoms with Crippen molar-refractivity contribution in [1.29, 1.82) is 0 Å². The highest BCUT2D eigenvalue weighted by molar-refractivity contribution is 5.93. The third-order valence-corrected chi connectivity index (χ3v) is 7.18. The monoisotopic (exact) mass is 418 g/mol. The molecule has 31 heavy (non-hydrogen) atoms. The average molecular weight is 419 g/mol. The fourth-order valence-corrected chi connectivity index (χ4v) is 5.04. The Morgan fingerprint density at radius 1 is 0.935 bits per heavy atom. The smallest absolute Gasteiger partial charge is 0.245 e. The van der Waals surface area contributed by atoms with Crippen molar-refractivity contribution in [2.75, 3.05) is 6.54 Å². The maximum absolute atomic E-state index is 13.4. The Balaban J connectivity index is 1.46. The van der Waals surface area contributed by atoms with Gasteiger partial charge in [-0.05, 0) is 37.3 Å². The first-order valence-corrected chi connectivity index (χ1v) is 11.8. The van der Waals surface area contributed by atoms with Gasteiger partial charge in [0.15, 0.2) is 0 Å². The lowest BCUT2D eigenvalue weighted by Crippen LogP contribution is -2.68. The van der Waals surface area contributed by atoms with E-state index in [1.807, 2.05) is 43.3 Å². The van der Waals surface area contributed by atoms with Gasteiger partial charge in [0.05, 0.1) is 0 Å². The Labute approximate surface area is 186 Å². The topological polar surface area (TPSA) is 49.4 Å². The Morgan fingerprint density at radius 3 is 1.97 bits per heavy atom. The van der Waals surface area contributed by atoms with Crippen LogP contribution in [0.5, 0.6) is 0 Å². The molecule has 2 aromatic rings. The summed E-state index contributed by atoms with van der Waals surface area (Å²) in [6.45, 7) is 2.59. The van der Waals surface area contributed by atoms with Crippen LogP contribution in [0.4, 0.5) is 0 Å². The lowest BCUT2D eigenvalue weighted by molar-refractivity contribution is -0.158. The first-order chi connectivity index (χ1) is 15.1. The van der Waals surface area contributed by atoms with Gasteiger partial charge in [0.25, 0.3) is 0 Å². The van der Waals surface area contributed by atoms with Crippen LogP contribution in [-0.2, 0) is 9.59 Å². The van der Waals surface area contributed by atoms with Gasteiger partial charge in [0.1, 0.15) is 5.54 Å². The summed E-state index contributed by atoms with van der Waals surface area (Å²) in [5.74, 6) is 0.0714. The Bertz CT molecular complexity index is 835. The predicted molar refractivity (Wildman–Crippen MR) is 124 cm³/mol. The molecule has 4 rings (SSSR count). The standard InChI is InChI=1S/C27H34N2O2/c1-27(26(31)28-23-16-10-2-3-11-17-23)18-19-29(27)25(30)20-24(21-12-6-4-7-13-21)22-14-8-5-9-15-22/h4-9,12-15,23-24H,2-3,10-11,16-20H2,1H3,(H,28,31). The molecule has 1 atom stereocenters. The first-order valence-electron chi connectivity index (χ1n) is 11.8. The summed E-state index contributed by atoms with van der Waals surface area (Å²) in [7, 11) is 0. The van der Waals surface area contributed by atoms with Gasteiger partial charge in [0.2, 0.25) is 11.8 Å². The first kappa shape index (κ1) is 21.6. The van der Waals surface area contributed by atoms with Crippen LogP contribution in [0.3, 0.4) is 0 Å². The molecule has 0 radical (unpaired) electrons. The third-order valence-electron chi connectivity index (χ3n) is 7.18. The van der Waals surface area contributed by atoms with E-state index in [1.165, 1.54) is 25.7 Å². The van der Waals surface area contributed by atoms with Crippen molar-refractivity contribution >= 4 is 11.8 Å². The number of carbonyl (C=O) groups excluding carboxylic acids is 2. The lowest BCUT2D eigenvalue weighted by Gasteiger charge is -2.50. The molecule has 1 saturated heterocycles. The van der Waals surface area contributed by atoms with E-state index in [4.69, 9.17) is 0 Å². The number of likely N-dealkylation sites (tertiary alicyclic amines) is 1. The molecule has 0 aromatic heterocycles. The van der Waals surface area contributed by atoms with Crippen LogP contribution in [0.25, 0.3) is 0 Å². The third kappa shape index (κ3) is 4.84. The molecule has 0 bridgehead atoms. The maximum Gasteiger partial charge on any atom is 0.245 e. The fraction of sp³-hybridized carbons (Fsp3) is 0.481. The molecule has 1 aliphatic carbocycles. The van der Waals surface area contributed by atoms with E-state index in [2.05, 4.69) is 29.6 Å². The van der Waals surface area contributed by atoms with E-state index in [1.54, 1.807) is 4.90 Å². The van der Waals surface area contributed by atoms with Crippen LogP contribution >= 0.6 is 0 Å². The van der Waals surface area contributed by atoms with Crippen LogP contribution in [0.1, 0.15) is 75.3 Å². The maximum atomic E-state index is 13.4. The molecular formula is C27H34N2O2. The minimum Gasteiger partial charge on any atom is -0.351 e. The molecule has 164 valence electrons. The summed E-state index contributed by atoms with van der Waals surface area (Å²) in [6.07, 6.45) is 8.10. The quantitative estimate of drug-likeness (QED) is 0.668. The van der Waals surface area contributed by atoms with Crippen molar-refractivity contribution < 1.29 is 9.59 Å². The largest absolute Gasteiger partial charge is 0.351 e. The Morgan fingerprint density at radius 2 is 1.48 bits per heavy atom. The van der Waals surface area contributed by atoms with Crippen molar-refractivity contribution in [3.05, 3.63) is 71.8 Å². The van der Waals surface area contributed by atoms with Crippen molar-refractivity contribution in [2.24, 2.45) is 0 Å². The molecule has 2 amide bonds. The van der Waals surface area contributed by atoms with E-state index in [0.29, 0.717) is 13.0 Å². The number of carbonyl (C=O) groups is 2. The number of nitrogens with zero attached hydrogens (tertiary/aromatic N) is 1. The lowest BCUT2D eigenvalue weighted by atomic mass is 9.82. The number of amides is 2. The molecule has 1 aliphatic heterocycles. The molecule has 1 saturated carbocycles. The van der Waals surface area contributed by atoms with E-state index >= 15 is 0 Å². The summed E-state index contributed by atoms with van der Waals surface area (Å²) in [5, 5.41) is 3.27. The molecular weight excluding hydrogens is 384 g/mol. The highest BCUT2D eigenvalue weighted by Crippen LogP contribution is 2.35. The van der Waals surface area contributed by atoms with Crippen LogP contribution in [0.2, 0.25) is 0 Å². The second-order valence-electron chi connectivity index (χ2n) is 9.31. The number of nitrogens with one attached hydrogen (secondary N) is 1. The van der Waals surface area contributed by atoms with Gasteiger partial charge in [-0.1, -0.05) is 86.3 Å². The molecule has 2 aliphatic rings. The number of hydrogen-bond acceptors (Lipinski definition) is 2. The molecule has 2 fully saturated rings. The highest BCUT2D eigenvalue weighted by atomic mass is 16.2. The zero-order valence-corrected chi connectivity index (χ0v) is 18.6. The predicted octanol–water partition coefficient (Wildman–Crippen LogP) is 5.04. The second kappa shape index (κ2) is 9.67. The van der Waals surface area contributed by atoms with Crippen molar-refractivity contribution in [2.45, 2.75) is 75.8 Å². The summed E-state index contributed by atoms with van der Waals surface area (Å²) < 4.78 is 0. The summed E-state index contributed by atoms with van der Waals surface area (Å²) >= 11 is 0. The average Bonchev–Trinajstić information content (AvgIpc) is 3.06. The van der Waals surface area contributed by atoms with Crippen molar-refractivity contribution in [3.63, 3.8) is 0 Å². The van der Waals surface area contributed by atoms with Gasteiger partial charge in [-0.15, -0.1) is 0 Å². The van der Waals surface area contributed by atoms with E-state index < -0.39 is 5.54 Å². The number of benzene rings is 2. The SMILES string of the molecule is CC1(C(=O)NC2CCCCCC2)CCN1C(=O)CC(c1ccccc1)c1ccccc1.